The first-order valence-electron chi connectivity index (χ1n) is 4.83. The quantitative estimate of drug-likeness (QED) is 0.439. The Kier molecular flexibility index (Phi) is 4.21. The molecule has 0 aliphatic carbocycles. The number of amides is 2. The molecular weight excluding hydrogens is 222 g/mol. The summed E-state index contributed by atoms with van der Waals surface area (Å²) in [5.41, 5.74) is 8.17. The van der Waals surface area contributed by atoms with Gasteiger partial charge in [0.25, 0.3) is 0 Å². The maximum atomic E-state index is 10.9. The van der Waals surface area contributed by atoms with Crippen LogP contribution in [-0.2, 0) is 9.59 Å². The van der Waals surface area contributed by atoms with Gasteiger partial charge in [-0.05, 0) is 36.8 Å². The van der Waals surface area contributed by atoms with E-state index in [4.69, 9.17) is 10.5 Å². The fourth-order valence-corrected chi connectivity index (χ4v) is 1.09. The van der Waals surface area contributed by atoms with Crippen molar-refractivity contribution in [3.8, 4) is 5.75 Å². The Hall–Kier alpha value is -2.37. The largest absolute Gasteiger partial charge is 0.497 e. The van der Waals surface area contributed by atoms with Crippen LogP contribution in [0.3, 0.4) is 0 Å². The minimum atomic E-state index is -1.07. The molecule has 90 valence electrons. The summed E-state index contributed by atoms with van der Waals surface area (Å²) in [7, 11) is 1.57. The molecule has 1 aromatic carbocycles. The zero-order valence-corrected chi connectivity index (χ0v) is 9.56. The third kappa shape index (κ3) is 3.60. The molecule has 0 heterocycles. The highest BCUT2D eigenvalue weighted by Gasteiger charge is 2.06. The first-order chi connectivity index (χ1) is 8.04. The summed E-state index contributed by atoms with van der Waals surface area (Å²) >= 11 is 0. The van der Waals surface area contributed by atoms with Crippen LogP contribution >= 0.6 is 0 Å². The molecule has 3 N–H and O–H groups in total. The van der Waals surface area contributed by atoms with E-state index < -0.39 is 11.8 Å². The van der Waals surface area contributed by atoms with Crippen molar-refractivity contribution in [2.24, 2.45) is 10.8 Å². The van der Waals surface area contributed by atoms with Crippen LogP contribution in [0.4, 0.5) is 0 Å². The Balaban J connectivity index is 2.74. The maximum Gasteiger partial charge on any atom is 0.329 e. The first-order valence-corrected chi connectivity index (χ1v) is 4.83. The van der Waals surface area contributed by atoms with Crippen molar-refractivity contribution in [1.29, 1.82) is 0 Å². The molecule has 0 unspecified atom stereocenters. The summed E-state index contributed by atoms with van der Waals surface area (Å²) in [5.74, 6) is -1.29. The fourth-order valence-electron chi connectivity index (χ4n) is 1.09. The molecule has 0 radical (unpaired) electrons. The SMILES string of the molecule is COc1ccc(/C(C)=N/NC(=O)C(N)=O)cc1. The van der Waals surface area contributed by atoms with Gasteiger partial charge in [0.2, 0.25) is 0 Å². The third-order valence-corrected chi connectivity index (χ3v) is 2.06. The van der Waals surface area contributed by atoms with E-state index in [9.17, 15) is 9.59 Å². The van der Waals surface area contributed by atoms with Gasteiger partial charge < -0.3 is 10.5 Å². The predicted molar refractivity (Wildman–Crippen MR) is 62.5 cm³/mol. The van der Waals surface area contributed by atoms with E-state index in [1.165, 1.54) is 0 Å². The van der Waals surface area contributed by atoms with Crippen LogP contribution in [0.15, 0.2) is 29.4 Å². The van der Waals surface area contributed by atoms with Gasteiger partial charge in [-0.1, -0.05) is 0 Å². The number of methoxy groups -OCH3 is 1. The number of hydrogen-bond acceptors (Lipinski definition) is 4. The molecule has 0 bridgehead atoms. The van der Waals surface area contributed by atoms with Crippen LogP contribution in [0.25, 0.3) is 0 Å². The van der Waals surface area contributed by atoms with E-state index in [-0.39, 0.29) is 0 Å². The van der Waals surface area contributed by atoms with Crippen molar-refractivity contribution in [1.82, 2.24) is 5.43 Å². The summed E-state index contributed by atoms with van der Waals surface area (Å²) in [5, 5.41) is 3.75. The number of ether oxygens (including phenoxy) is 1. The number of benzene rings is 1. The second-order valence-corrected chi connectivity index (χ2v) is 3.23. The molecule has 0 saturated heterocycles. The number of hydrogen-bond donors (Lipinski definition) is 2. The van der Waals surface area contributed by atoms with Gasteiger partial charge in [-0.3, -0.25) is 9.59 Å². The molecule has 6 nitrogen and oxygen atoms in total. The number of rotatable bonds is 3. The lowest BCUT2D eigenvalue weighted by atomic mass is 10.1. The van der Waals surface area contributed by atoms with E-state index in [1.807, 2.05) is 0 Å². The number of primary amides is 1. The standard InChI is InChI=1S/C11H13N3O3/c1-7(13-14-11(16)10(12)15)8-3-5-9(17-2)6-4-8/h3-6H,1-2H3,(H2,12,15)(H,14,16)/b13-7+. The van der Waals surface area contributed by atoms with E-state index in [0.717, 1.165) is 11.3 Å². The molecular formula is C11H13N3O3. The topological polar surface area (TPSA) is 93.8 Å². The highest BCUT2D eigenvalue weighted by molar-refractivity contribution is 6.34. The van der Waals surface area contributed by atoms with Crippen molar-refractivity contribution in [2.75, 3.05) is 7.11 Å². The zero-order chi connectivity index (χ0) is 12.8. The first kappa shape index (κ1) is 12.7. The molecule has 2 amide bonds. The van der Waals surface area contributed by atoms with Gasteiger partial charge in [-0.2, -0.15) is 5.10 Å². The minimum absolute atomic E-state index is 0.558. The summed E-state index contributed by atoms with van der Waals surface area (Å²) in [6.45, 7) is 1.70. The fraction of sp³-hybridized carbons (Fsp3) is 0.182. The number of carbonyl (C=O) groups excluding carboxylic acids is 2. The Morgan fingerprint density at radius 2 is 1.88 bits per heavy atom. The molecule has 0 spiro atoms. The van der Waals surface area contributed by atoms with Crippen LogP contribution in [0.5, 0.6) is 5.75 Å². The van der Waals surface area contributed by atoms with Gasteiger partial charge in [0.1, 0.15) is 5.75 Å². The number of nitrogens with zero attached hydrogens (tertiary/aromatic N) is 1. The highest BCUT2D eigenvalue weighted by Crippen LogP contribution is 2.11. The van der Waals surface area contributed by atoms with Gasteiger partial charge in [0.05, 0.1) is 12.8 Å². The van der Waals surface area contributed by atoms with Gasteiger partial charge in [-0.15, -0.1) is 0 Å². The Morgan fingerprint density at radius 1 is 1.29 bits per heavy atom. The predicted octanol–water partition coefficient (Wildman–Crippen LogP) is 0.0207. The minimum Gasteiger partial charge on any atom is -0.497 e. The maximum absolute atomic E-state index is 10.9. The molecule has 6 heteroatoms. The summed E-state index contributed by atoms with van der Waals surface area (Å²) in [4.78, 5) is 21.3. The van der Waals surface area contributed by atoms with Gasteiger partial charge in [0, 0.05) is 0 Å². The normalized spacial score (nSPS) is 10.8. The highest BCUT2D eigenvalue weighted by atomic mass is 16.5. The Labute approximate surface area is 98.4 Å². The van der Waals surface area contributed by atoms with Gasteiger partial charge >= 0.3 is 11.8 Å². The van der Waals surface area contributed by atoms with Crippen LogP contribution in [0, 0.1) is 0 Å². The van der Waals surface area contributed by atoms with Crippen LogP contribution in [-0.4, -0.2) is 24.6 Å². The van der Waals surface area contributed by atoms with E-state index in [2.05, 4.69) is 10.5 Å². The lowest BCUT2D eigenvalue weighted by Gasteiger charge is -2.03. The molecule has 1 rings (SSSR count). The van der Waals surface area contributed by atoms with Crippen LogP contribution < -0.4 is 15.9 Å². The molecule has 0 atom stereocenters. The summed E-state index contributed by atoms with van der Waals surface area (Å²) in [6, 6.07) is 7.11. The second kappa shape index (κ2) is 5.64. The van der Waals surface area contributed by atoms with Crippen molar-refractivity contribution in [2.45, 2.75) is 6.92 Å². The van der Waals surface area contributed by atoms with E-state index in [1.54, 1.807) is 38.3 Å². The van der Waals surface area contributed by atoms with E-state index >= 15 is 0 Å². The monoisotopic (exact) mass is 235 g/mol. The lowest BCUT2D eigenvalue weighted by molar-refractivity contribution is -0.137. The Bertz CT molecular complexity index is 452. The molecule has 1 aromatic rings. The molecule has 0 saturated carbocycles. The van der Waals surface area contributed by atoms with Crippen molar-refractivity contribution in [3.05, 3.63) is 29.8 Å². The van der Waals surface area contributed by atoms with Gasteiger partial charge in [0.15, 0.2) is 0 Å². The number of hydrazone groups is 1. The number of nitrogens with two attached hydrogens (primary N) is 1. The van der Waals surface area contributed by atoms with Crippen LogP contribution in [0.2, 0.25) is 0 Å². The number of nitrogens with one attached hydrogen (secondary N) is 1. The average molecular weight is 235 g/mol. The summed E-state index contributed by atoms with van der Waals surface area (Å²) in [6.07, 6.45) is 0. The Morgan fingerprint density at radius 3 is 2.35 bits per heavy atom. The molecule has 0 fully saturated rings. The van der Waals surface area contributed by atoms with Crippen molar-refractivity contribution in [3.63, 3.8) is 0 Å². The zero-order valence-electron chi connectivity index (χ0n) is 9.56. The lowest BCUT2D eigenvalue weighted by Crippen LogP contribution is -2.33. The van der Waals surface area contributed by atoms with Crippen LogP contribution in [0.1, 0.15) is 12.5 Å². The second-order valence-electron chi connectivity index (χ2n) is 3.23. The molecule has 0 aromatic heterocycles. The third-order valence-electron chi connectivity index (χ3n) is 2.06. The molecule has 17 heavy (non-hydrogen) atoms. The molecule has 0 aliphatic heterocycles. The molecule has 0 aliphatic rings. The van der Waals surface area contributed by atoms with Crippen molar-refractivity contribution < 1.29 is 14.3 Å². The van der Waals surface area contributed by atoms with Gasteiger partial charge in [-0.25, -0.2) is 5.43 Å². The van der Waals surface area contributed by atoms with Crippen molar-refractivity contribution >= 4 is 17.5 Å². The average Bonchev–Trinajstić information content (AvgIpc) is 2.35. The van der Waals surface area contributed by atoms with E-state index in [0.29, 0.717) is 5.71 Å². The smallest absolute Gasteiger partial charge is 0.329 e. The number of carbonyl (C=O) groups is 2. The summed E-state index contributed by atoms with van der Waals surface area (Å²) < 4.78 is 5.01.